The molecule has 1 aromatic rings. The van der Waals surface area contributed by atoms with Crippen LogP contribution in [0.5, 0.6) is 5.75 Å². The Labute approximate surface area is 89.3 Å². The highest BCUT2D eigenvalue weighted by Gasteiger charge is 2.16. The second-order valence-corrected chi connectivity index (χ2v) is 3.63. The number of hydrogen-bond acceptors (Lipinski definition) is 3. The molecule has 0 aromatic heterocycles. The highest BCUT2D eigenvalue weighted by Crippen LogP contribution is 2.31. The molecular weight excluding hydrogens is 190 g/mol. The summed E-state index contributed by atoms with van der Waals surface area (Å²) in [7, 11) is 0. The van der Waals surface area contributed by atoms with Gasteiger partial charge in [-0.2, -0.15) is 0 Å². The fourth-order valence-electron chi connectivity index (χ4n) is 1.86. The van der Waals surface area contributed by atoms with Crippen LogP contribution < -0.4 is 4.90 Å². The van der Waals surface area contributed by atoms with Crippen molar-refractivity contribution in [3.05, 3.63) is 35.5 Å². The largest absolute Gasteiger partial charge is 0.508 e. The number of anilines is 1. The molecule has 0 saturated carbocycles. The van der Waals surface area contributed by atoms with Crippen molar-refractivity contribution in [1.29, 1.82) is 0 Å². The lowest BCUT2D eigenvalue weighted by Crippen LogP contribution is -2.28. The SMILES string of the molecule is CC1=[C]Cc2cc(O)ccc2N1CCO. The zero-order chi connectivity index (χ0) is 10.8. The number of allylic oxidation sites excluding steroid dienone is 2. The summed E-state index contributed by atoms with van der Waals surface area (Å²) >= 11 is 0. The van der Waals surface area contributed by atoms with Gasteiger partial charge in [-0.25, -0.2) is 0 Å². The van der Waals surface area contributed by atoms with Gasteiger partial charge >= 0.3 is 0 Å². The summed E-state index contributed by atoms with van der Waals surface area (Å²) in [6.45, 7) is 2.65. The van der Waals surface area contributed by atoms with Gasteiger partial charge in [0, 0.05) is 24.4 Å². The Morgan fingerprint density at radius 2 is 2.27 bits per heavy atom. The highest BCUT2D eigenvalue weighted by atomic mass is 16.3. The quantitative estimate of drug-likeness (QED) is 0.766. The van der Waals surface area contributed by atoms with Crippen molar-refractivity contribution >= 4 is 5.69 Å². The second-order valence-electron chi connectivity index (χ2n) is 3.63. The lowest BCUT2D eigenvalue weighted by atomic mass is 10.0. The number of benzene rings is 1. The molecule has 1 aromatic carbocycles. The molecule has 15 heavy (non-hydrogen) atoms. The molecule has 3 nitrogen and oxygen atoms in total. The summed E-state index contributed by atoms with van der Waals surface area (Å²) in [4.78, 5) is 2.01. The number of nitrogens with zero attached hydrogens (tertiary/aromatic N) is 1. The maximum Gasteiger partial charge on any atom is 0.116 e. The van der Waals surface area contributed by atoms with Crippen molar-refractivity contribution < 1.29 is 10.2 Å². The van der Waals surface area contributed by atoms with Crippen LogP contribution in [0, 0.1) is 6.08 Å². The molecule has 0 bridgehead atoms. The van der Waals surface area contributed by atoms with E-state index in [0.717, 1.165) is 23.4 Å². The second kappa shape index (κ2) is 3.95. The predicted molar refractivity (Wildman–Crippen MR) is 58.7 cm³/mol. The summed E-state index contributed by atoms with van der Waals surface area (Å²) < 4.78 is 0. The predicted octanol–water partition coefficient (Wildman–Crippen LogP) is 1.45. The normalized spacial score (nSPS) is 14.8. The fourth-order valence-corrected chi connectivity index (χ4v) is 1.86. The van der Waals surface area contributed by atoms with E-state index in [-0.39, 0.29) is 12.4 Å². The van der Waals surface area contributed by atoms with E-state index in [2.05, 4.69) is 6.08 Å². The number of aromatic hydroxyl groups is 1. The molecule has 0 unspecified atom stereocenters. The molecule has 2 rings (SSSR count). The molecule has 1 radical (unpaired) electrons. The van der Waals surface area contributed by atoms with Crippen LogP contribution >= 0.6 is 0 Å². The first-order valence-corrected chi connectivity index (χ1v) is 5.00. The molecule has 0 fully saturated rings. The zero-order valence-electron chi connectivity index (χ0n) is 8.70. The van der Waals surface area contributed by atoms with E-state index in [0.29, 0.717) is 6.54 Å². The first-order chi connectivity index (χ1) is 7.22. The Balaban J connectivity index is 2.40. The Morgan fingerprint density at radius 3 is 3.00 bits per heavy atom. The van der Waals surface area contributed by atoms with Gasteiger partial charge in [0.15, 0.2) is 0 Å². The average Bonchev–Trinajstić information content (AvgIpc) is 2.22. The van der Waals surface area contributed by atoms with E-state index in [1.54, 1.807) is 12.1 Å². The lowest BCUT2D eigenvalue weighted by Gasteiger charge is -2.30. The number of phenols is 1. The molecule has 1 aliphatic heterocycles. The standard InChI is InChI=1S/C12H14NO2/c1-9-2-3-10-8-11(15)4-5-12(10)13(9)6-7-14/h4-5,8,14-15H,3,6-7H2,1H3. The summed E-state index contributed by atoms with van der Waals surface area (Å²) in [5.74, 6) is 0.277. The third-order valence-corrected chi connectivity index (χ3v) is 2.62. The number of phenolic OH excluding ortho intramolecular Hbond substituents is 1. The van der Waals surface area contributed by atoms with Crippen molar-refractivity contribution in [2.45, 2.75) is 13.3 Å². The third-order valence-electron chi connectivity index (χ3n) is 2.62. The van der Waals surface area contributed by atoms with Crippen molar-refractivity contribution in [2.75, 3.05) is 18.1 Å². The topological polar surface area (TPSA) is 43.7 Å². The van der Waals surface area contributed by atoms with Crippen molar-refractivity contribution in [3.63, 3.8) is 0 Å². The van der Waals surface area contributed by atoms with Crippen LogP contribution in [0.1, 0.15) is 12.5 Å². The molecule has 3 heteroatoms. The van der Waals surface area contributed by atoms with Gasteiger partial charge in [-0.1, -0.05) is 0 Å². The molecule has 1 heterocycles. The van der Waals surface area contributed by atoms with Crippen LogP contribution in [0.2, 0.25) is 0 Å². The minimum Gasteiger partial charge on any atom is -0.508 e. The molecule has 0 saturated heterocycles. The van der Waals surface area contributed by atoms with Crippen LogP contribution in [0.3, 0.4) is 0 Å². The highest BCUT2D eigenvalue weighted by molar-refractivity contribution is 5.62. The van der Waals surface area contributed by atoms with Gasteiger partial charge in [-0.3, -0.25) is 0 Å². The number of β-amino-alcohol motifs (C(OH)–C–C–N with tert-alkyl or cyclic N) is 1. The number of fused-ring (bicyclic) bond motifs is 1. The Morgan fingerprint density at radius 1 is 1.47 bits per heavy atom. The Hall–Kier alpha value is -1.48. The van der Waals surface area contributed by atoms with Crippen LogP contribution in [-0.2, 0) is 6.42 Å². The van der Waals surface area contributed by atoms with E-state index in [1.807, 2.05) is 17.9 Å². The van der Waals surface area contributed by atoms with Crippen molar-refractivity contribution in [3.8, 4) is 5.75 Å². The van der Waals surface area contributed by atoms with Gasteiger partial charge in [0.1, 0.15) is 5.75 Å². The molecule has 0 spiro atoms. The maximum atomic E-state index is 9.37. The summed E-state index contributed by atoms with van der Waals surface area (Å²) in [6, 6.07) is 5.30. The maximum absolute atomic E-state index is 9.37. The average molecular weight is 204 g/mol. The van der Waals surface area contributed by atoms with Crippen LogP contribution in [0.15, 0.2) is 23.9 Å². The smallest absolute Gasteiger partial charge is 0.116 e. The van der Waals surface area contributed by atoms with Crippen LogP contribution in [-0.4, -0.2) is 23.4 Å². The minimum absolute atomic E-state index is 0.110. The van der Waals surface area contributed by atoms with E-state index >= 15 is 0 Å². The molecule has 79 valence electrons. The molecule has 0 aliphatic carbocycles. The fraction of sp³-hybridized carbons (Fsp3) is 0.333. The van der Waals surface area contributed by atoms with E-state index < -0.39 is 0 Å². The summed E-state index contributed by atoms with van der Waals surface area (Å²) in [5, 5.41) is 18.4. The van der Waals surface area contributed by atoms with Crippen LogP contribution in [0.4, 0.5) is 5.69 Å². The number of rotatable bonds is 2. The molecule has 2 N–H and O–H groups in total. The molecule has 0 amide bonds. The van der Waals surface area contributed by atoms with E-state index in [1.165, 1.54) is 0 Å². The van der Waals surface area contributed by atoms with Gasteiger partial charge in [-0.05, 0) is 36.8 Å². The zero-order valence-corrected chi connectivity index (χ0v) is 8.70. The Kier molecular flexibility index (Phi) is 2.64. The van der Waals surface area contributed by atoms with Gasteiger partial charge in [0.05, 0.1) is 6.61 Å². The van der Waals surface area contributed by atoms with Crippen LogP contribution in [0.25, 0.3) is 0 Å². The number of aliphatic hydroxyl groups excluding tert-OH is 1. The first kappa shape index (κ1) is 10.1. The molecule has 1 aliphatic rings. The summed E-state index contributed by atoms with van der Waals surface area (Å²) in [6.07, 6.45) is 3.94. The lowest BCUT2D eigenvalue weighted by molar-refractivity contribution is 0.304. The summed E-state index contributed by atoms with van der Waals surface area (Å²) in [5.41, 5.74) is 3.13. The molecule has 0 atom stereocenters. The first-order valence-electron chi connectivity index (χ1n) is 5.00. The third kappa shape index (κ3) is 1.83. The Bertz CT molecular complexity index is 399. The van der Waals surface area contributed by atoms with Gasteiger partial charge in [-0.15, -0.1) is 0 Å². The van der Waals surface area contributed by atoms with Gasteiger partial charge < -0.3 is 15.1 Å². The molecular formula is C12H14NO2. The minimum atomic E-state index is 0.110. The number of aliphatic hydroxyl groups is 1. The monoisotopic (exact) mass is 204 g/mol. The van der Waals surface area contributed by atoms with Gasteiger partial charge in [0.25, 0.3) is 0 Å². The van der Waals surface area contributed by atoms with Gasteiger partial charge in [0.2, 0.25) is 0 Å². The van der Waals surface area contributed by atoms with E-state index in [9.17, 15) is 5.11 Å². The van der Waals surface area contributed by atoms with Crippen molar-refractivity contribution in [1.82, 2.24) is 0 Å². The van der Waals surface area contributed by atoms with E-state index in [4.69, 9.17) is 5.11 Å². The number of hydrogen-bond donors (Lipinski definition) is 2. The van der Waals surface area contributed by atoms with Crippen molar-refractivity contribution in [2.24, 2.45) is 0 Å².